The lowest BCUT2D eigenvalue weighted by molar-refractivity contribution is -0.114. The number of sulfonamides is 1. The van der Waals surface area contributed by atoms with Crippen LogP contribution in [0.3, 0.4) is 0 Å². The Morgan fingerprint density at radius 3 is 2.57 bits per heavy atom. The number of rotatable bonds is 8. The summed E-state index contributed by atoms with van der Waals surface area (Å²) in [5.41, 5.74) is 2.08. The minimum atomic E-state index is -3.59. The fourth-order valence-corrected chi connectivity index (χ4v) is 4.42. The van der Waals surface area contributed by atoms with Gasteiger partial charge in [-0.2, -0.15) is 0 Å². The monoisotopic (exact) mass is 467 g/mol. The summed E-state index contributed by atoms with van der Waals surface area (Å²) in [6.45, 7) is 1.86. The van der Waals surface area contributed by atoms with Crippen LogP contribution < -0.4 is 20.1 Å². The molecule has 1 aliphatic rings. The van der Waals surface area contributed by atoms with Crippen LogP contribution in [0.4, 0.5) is 11.4 Å². The molecule has 0 aromatic heterocycles. The fraction of sp³-hybridized carbons (Fsp3) is 0.316. The molecular formula is C19H22BrN3O4S. The largest absolute Gasteiger partial charge is 0.495 e. The van der Waals surface area contributed by atoms with Crippen LogP contribution in [0.25, 0.3) is 0 Å². The van der Waals surface area contributed by atoms with E-state index >= 15 is 0 Å². The summed E-state index contributed by atoms with van der Waals surface area (Å²) in [6.07, 6.45) is 1.71. The molecule has 1 saturated carbocycles. The minimum absolute atomic E-state index is 0.0171. The zero-order valence-corrected chi connectivity index (χ0v) is 18.0. The molecule has 0 unspecified atom stereocenters. The van der Waals surface area contributed by atoms with Crippen LogP contribution in [0.5, 0.6) is 5.75 Å². The molecule has 3 N–H and O–H groups in total. The normalized spacial score (nSPS) is 13.8. The third-order valence-corrected chi connectivity index (χ3v) is 6.29. The second kappa shape index (κ2) is 8.50. The Morgan fingerprint density at radius 2 is 1.93 bits per heavy atom. The maximum absolute atomic E-state index is 12.4. The van der Waals surface area contributed by atoms with Gasteiger partial charge in [0.25, 0.3) is 0 Å². The molecule has 0 bridgehead atoms. The van der Waals surface area contributed by atoms with Crippen molar-refractivity contribution in [2.75, 3.05) is 24.3 Å². The predicted molar refractivity (Wildman–Crippen MR) is 112 cm³/mol. The highest BCUT2D eigenvalue weighted by Gasteiger charge is 2.28. The Balaban J connectivity index is 1.70. The first-order valence-electron chi connectivity index (χ1n) is 8.79. The zero-order valence-electron chi connectivity index (χ0n) is 15.6. The fourth-order valence-electron chi connectivity index (χ4n) is 2.62. The van der Waals surface area contributed by atoms with Crippen molar-refractivity contribution < 1.29 is 17.9 Å². The molecule has 3 rings (SSSR count). The van der Waals surface area contributed by atoms with E-state index in [4.69, 9.17) is 4.74 Å². The summed E-state index contributed by atoms with van der Waals surface area (Å²) < 4.78 is 33.7. The lowest BCUT2D eigenvalue weighted by atomic mass is 10.2. The SMILES string of the molecule is COc1ccc(S(=O)(=O)NC2CC2)cc1NCC(=O)Nc1ccc(Br)cc1C. The summed E-state index contributed by atoms with van der Waals surface area (Å²) in [7, 11) is -2.10. The van der Waals surface area contributed by atoms with Gasteiger partial charge in [-0.25, -0.2) is 13.1 Å². The van der Waals surface area contributed by atoms with Crippen LogP contribution in [0.2, 0.25) is 0 Å². The van der Waals surface area contributed by atoms with Crippen molar-refractivity contribution in [3.63, 3.8) is 0 Å². The highest BCUT2D eigenvalue weighted by atomic mass is 79.9. The van der Waals surface area contributed by atoms with Gasteiger partial charge in [0.05, 0.1) is 24.2 Å². The lowest BCUT2D eigenvalue weighted by Gasteiger charge is -2.14. The number of ether oxygens (including phenoxy) is 1. The Kier molecular flexibility index (Phi) is 6.26. The predicted octanol–water partition coefficient (Wildman–Crippen LogP) is 3.26. The number of hydrogen-bond acceptors (Lipinski definition) is 5. The molecule has 0 heterocycles. The van der Waals surface area contributed by atoms with Crippen molar-refractivity contribution in [3.05, 3.63) is 46.4 Å². The van der Waals surface area contributed by atoms with Gasteiger partial charge in [0.2, 0.25) is 15.9 Å². The third-order valence-electron chi connectivity index (χ3n) is 4.28. The molecule has 1 amide bonds. The zero-order chi connectivity index (χ0) is 20.3. The Hall–Kier alpha value is -2.10. The van der Waals surface area contributed by atoms with Crippen molar-refractivity contribution >= 4 is 43.2 Å². The van der Waals surface area contributed by atoms with Crippen molar-refractivity contribution in [2.24, 2.45) is 0 Å². The van der Waals surface area contributed by atoms with Crippen LogP contribution in [0, 0.1) is 6.92 Å². The van der Waals surface area contributed by atoms with Gasteiger partial charge in [-0.1, -0.05) is 15.9 Å². The quantitative estimate of drug-likeness (QED) is 0.553. The van der Waals surface area contributed by atoms with E-state index in [1.165, 1.54) is 19.2 Å². The van der Waals surface area contributed by atoms with E-state index in [9.17, 15) is 13.2 Å². The van der Waals surface area contributed by atoms with E-state index in [0.29, 0.717) is 17.1 Å². The first kappa shape index (κ1) is 20.6. The van der Waals surface area contributed by atoms with E-state index in [1.807, 2.05) is 25.1 Å². The third kappa shape index (κ3) is 5.24. The molecule has 7 nitrogen and oxygen atoms in total. The lowest BCUT2D eigenvalue weighted by Crippen LogP contribution is -2.26. The van der Waals surface area contributed by atoms with E-state index in [0.717, 1.165) is 22.9 Å². The molecule has 0 atom stereocenters. The smallest absolute Gasteiger partial charge is 0.243 e. The van der Waals surface area contributed by atoms with Crippen molar-refractivity contribution in [1.29, 1.82) is 0 Å². The molecule has 0 aliphatic heterocycles. The van der Waals surface area contributed by atoms with Crippen LogP contribution in [-0.2, 0) is 14.8 Å². The summed E-state index contributed by atoms with van der Waals surface area (Å²) in [5, 5.41) is 5.79. The number of carbonyl (C=O) groups excluding carboxylic acids is 1. The van der Waals surface area contributed by atoms with Gasteiger partial charge in [0.15, 0.2) is 0 Å². The number of anilines is 2. The first-order valence-corrected chi connectivity index (χ1v) is 11.1. The second-order valence-electron chi connectivity index (χ2n) is 6.62. The standard InChI is InChI=1S/C19H22BrN3O4S/c1-12-9-13(20)3-7-16(12)22-19(24)11-21-17-10-15(6-8-18(17)27-2)28(25,26)23-14-4-5-14/h3,6-10,14,21,23H,4-5,11H2,1-2H3,(H,22,24). The molecule has 2 aromatic rings. The summed E-state index contributed by atoms with van der Waals surface area (Å²) >= 11 is 3.39. The average molecular weight is 468 g/mol. The molecule has 1 fully saturated rings. The molecule has 1 aliphatic carbocycles. The van der Waals surface area contributed by atoms with Gasteiger partial charge in [0.1, 0.15) is 5.75 Å². The second-order valence-corrected chi connectivity index (χ2v) is 9.25. The maximum Gasteiger partial charge on any atom is 0.243 e. The number of hydrogen-bond donors (Lipinski definition) is 3. The first-order chi connectivity index (χ1) is 13.3. The number of halogens is 1. The Bertz CT molecular complexity index is 991. The van der Waals surface area contributed by atoms with Crippen LogP contribution in [0.1, 0.15) is 18.4 Å². The summed E-state index contributed by atoms with van der Waals surface area (Å²) in [4.78, 5) is 12.4. The van der Waals surface area contributed by atoms with Gasteiger partial charge >= 0.3 is 0 Å². The van der Waals surface area contributed by atoms with E-state index in [2.05, 4.69) is 31.3 Å². The van der Waals surface area contributed by atoms with Crippen molar-refractivity contribution in [1.82, 2.24) is 4.72 Å². The number of nitrogens with one attached hydrogen (secondary N) is 3. The Morgan fingerprint density at radius 1 is 1.18 bits per heavy atom. The summed E-state index contributed by atoms with van der Waals surface area (Å²) in [5.74, 6) is 0.204. The van der Waals surface area contributed by atoms with Gasteiger partial charge in [-0.05, 0) is 61.7 Å². The highest BCUT2D eigenvalue weighted by Crippen LogP contribution is 2.29. The minimum Gasteiger partial charge on any atom is -0.495 e. The number of methoxy groups -OCH3 is 1. The van der Waals surface area contributed by atoms with Gasteiger partial charge < -0.3 is 15.4 Å². The van der Waals surface area contributed by atoms with Crippen molar-refractivity contribution in [3.8, 4) is 5.75 Å². The van der Waals surface area contributed by atoms with Crippen molar-refractivity contribution in [2.45, 2.75) is 30.7 Å². The molecule has 150 valence electrons. The van der Waals surface area contributed by atoms with Crippen LogP contribution in [-0.4, -0.2) is 34.0 Å². The van der Waals surface area contributed by atoms with Crippen LogP contribution >= 0.6 is 15.9 Å². The molecule has 9 heteroatoms. The van der Waals surface area contributed by atoms with Gasteiger partial charge in [-0.3, -0.25) is 4.79 Å². The van der Waals surface area contributed by atoms with E-state index < -0.39 is 10.0 Å². The number of benzene rings is 2. The molecule has 28 heavy (non-hydrogen) atoms. The maximum atomic E-state index is 12.4. The molecule has 0 saturated heterocycles. The van der Waals surface area contributed by atoms with E-state index in [1.54, 1.807) is 6.07 Å². The van der Waals surface area contributed by atoms with Gasteiger partial charge in [0, 0.05) is 16.2 Å². The average Bonchev–Trinajstić information content (AvgIpc) is 3.45. The molecular weight excluding hydrogens is 446 g/mol. The molecule has 0 radical (unpaired) electrons. The summed E-state index contributed by atoms with van der Waals surface area (Å²) in [6, 6.07) is 10.1. The van der Waals surface area contributed by atoms with Gasteiger partial charge in [-0.15, -0.1) is 0 Å². The number of aryl methyl sites for hydroxylation is 1. The highest BCUT2D eigenvalue weighted by molar-refractivity contribution is 9.10. The van der Waals surface area contributed by atoms with E-state index in [-0.39, 0.29) is 23.4 Å². The molecule has 0 spiro atoms. The Labute approximate surface area is 173 Å². The topological polar surface area (TPSA) is 96.5 Å². The number of amides is 1. The molecule has 2 aromatic carbocycles. The number of carbonyl (C=O) groups is 1. The van der Waals surface area contributed by atoms with Crippen LogP contribution in [0.15, 0.2) is 45.8 Å².